The van der Waals surface area contributed by atoms with Crippen LogP contribution in [0.2, 0.25) is 0 Å². The summed E-state index contributed by atoms with van der Waals surface area (Å²) in [5.41, 5.74) is 31.4. The summed E-state index contributed by atoms with van der Waals surface area (Å²) in [5.74, 6) is -14.5. The number of carboxylic acids is 2. The first kappa shape index (κ1) is 98.0. The highest BCUT2D eigenvalue weighted by molar-refractivity contribution is 6.00. The molecule has 4 rings (SSSR count). The predicted molar refractivity (Wildman–Crippen MR) is 421 cm³/mol. The molecule has 0 aromatic heterocycles. The fourth-order valence-corrected chi connectivity index (χ4v) is 11.6. The summed E-state index contributed by atoms with van der Waals surface area (Å²) < 4.78 is 22.1. The van der Waals surface area contributed by atoms with Crippen molar-refractivity contribution in [3.05, 3.63) is 82.2 Å². The number of carbonyl (C=O) groups is 16. The number of nitrogens with zero attached hydrogens (tertiary/aromatic N) is 6. The lowest BCUT2D eigenvalue weighted by Crippen LogP contribution is -2.58. The van der Waals surface area contributed by atoms with Crippen LogP contribution in [0.5, 0.6) is 0 Å². The molecule has 0 unspecified atom stereocenters. The van der Waals surface area contributed by atoms with Crippen LogP contribution in [0.3, 0.4) is 0 Å². The average Bonchev–Trinajstić information content (AvgIpc) is 1.34. The summed E-state index contributed by atoms with van der Waals surface area (Å²) in [5, 5.41) is 55.6. The Kier molecular flexibility index (Phi) is 47.2. The number of amides is 14. The third-order valence-electron chi connectivity index (χ3n) is 17.6. The van der Waals surface area contributed by atoms with E-state index in [9.17, 15) is 86.9 Å². The van der Waals surface area contributed by atoms with Gasteiger partial charge in [-0.05, 0) is 80.9 Å². The molecule has 0 radical (unpaired) electrons. The van der Waals surface area contributed by atoms with Gasteiger partial charge < -0.3 is 126 Å². The van der Waals surface area contributed by atoms with E-state index in [2.05, 4.69) is 89.1 Å². The fourth-order valence-electron chi connectivity index (χ4n) is 11.6. The lowest BCUT2D eigenvalue weighted by molar-refractivity contribution is -0.141. The molecule has 23 N–H and O–H groups in total. The SMILES string of the molecule is [N-]=[N+]=NCC(=O)NCCOCCOCCOCCOCCC(=O)N(CCC(=O)NCCCC[C@@H]1NC(=O)[C@@H](Cc2ccccc2)NC(=O)[C@H](CC(=O)O)NC(=O)CNC(=O)[C@H](CCCN=C(N)N)NC1=O)CCC(=O)NCCCC[C@@H]1NC(=O)[C@@H](Cc2ccccc2)NC(=O)[C@H](CC(=O)O)NC(=O)CNC(=O)[C@H](CCCN=C(N)N)NC1=O. The molecule has 2 saturated heterocycles. The summed E-state index contributed by atoms with van der Waals surface area (Å²) in [6, 6.07) is 5.07. The van der Waals surface area contributed by atoms with Crippen molar-refractivity contribution in [1.29, 1.82) is 0 Å². The number of nitrogens with one attached hydrogen (secondary N) is 13. The van der Waals surface area contributed by atoms with Gasteiger partial charge in [0.2, 0.25) is 82.7 Å². The summed E-state index contributed by atoms with van der Waals surface area (Å²) in [6.45, 7) is -0.643. The topological polar surface area (TPSA) is 688 Å². The molecule has 0 bridgehead atoms. The zero-order valence-electron chi connectivity index (χ0n) is 65.7. The third-order valence-corrected chi connectivity index (χ3v) is 17.6. The Hall–Kier alpha value is -12.4. The predicted octanol–water partition coefficient (Wildman–Crippen LogP) is -6.27. The molecular weight excluding hydrogens is 1550 g/mol. The van der Waals surface area contributed by atoms with Crippen LogP contribution in [0.25, 0.3) is 10.4 Å². The van der Waals surface area contributed by atoms with Gasteiger partial charge in [0.1, 0.15) is 54.9 Å². The molecule has 2 aromatic carbocycles. The van der Waals surface area contributed by atoms with Crippen LogP contribution in [-0.2, 0) is 109 Å². The first-order valence-corrected chi connectivity index (χ1v) is 38.6. The largest absolute Gasteiger partial charge is 0.481 e. The molecule has 0 aliphatic carbocycles. The molecule has 2 heterocycles. The molecule has 45 nitrogen and oxygen atoms in total. The van der Waals surface area contributed by atoms with Crippen molar-refractivity contribution in [3.8, 4) is 0 Å². The van der Waals surface area contributed by atoms with Crippen LogP contribution < -0.4 is 92.1 Å². The van der Waals surface area contributed by atoms with E-state index in [1.165, 1.54) is 4.90 Å². The minimum absolute atomic E-state index is 0.00937. The van der Waals surface area contributed by atoms with Crippen LogP contribution in [0.4, 0.5) is 0 Å². The number of carboxylic acid groups (broad SMARTS) is 2. The second-order valence-electron chi connectivity index (χ2n) is 27.0. The quantitative estimate of drug-likeness (QED) is 0.00732. The van der Waals surface area contributed by atoms with E-state index >= 15 is 0 Å². The normalized spacial score (nSPS) is 19.1. The summed E-state index contributed by atoms with van der Waals surface area (Å²) in [6.07, 6.45) is -2.19. The number of aliphatic carboxylic acids is 2. The van der Waals surface area contributed by atoms with Gasteiger partial charge in [-0.3, -0.25) is 86.7 Å². The second kappa shape index (κ2) is 56.8. The van der Waals surface area contributed by atoms with Gasteiger partial charge in [-0.1, -0.05) is 65.8 Å². The first-order valence-electron chi connectivity index (χ1n) is 38.6. The Labute approximate surface area is 680 Å². The maximum absolute atomic E-state index is 14.3. The van der Waals surface area contributed by atoms with Crippen molar-refractivity contribution < 1.29 is 106 Å². The van der Waals surface area contributed by atoms with E-state index in [4.69, 9.17) is 47.4 Å². The van der Waals surface area contributed by atoms with Gasteiger partial charge in [-0.15, -0.1) is 0 Å². The van der Waals surface area contributed by atoms with Crippen molar-refractivity contribution in [2.24, 2.45) is 38.0 Å². The molecule has 2 aliphatic heterocycles. The summed E-state index contributed by atoms with van der Waals surface area (Å²) in [4.78, 5) is 226. The van der Waals surface area contributed by atoms with E-state index in [1.54, 1.807) is 60.7 Å². The number of nitrogens with two attached hydrogens (primary N) is 4. The second-order valence-corrected chi connectivity index (χ2v) is 27.0. The number of rotatable bonds is 49. The summed E-state index contributed by atoms with van der Waals surface area (Å²) in [7, 11) is 0. The van der Waals surface area contributed by atoms with Gasteiger partial charge in [0.25, 0.3) is 0 Å². The number of benzene rings is 2. The van der Waals surface area contributed by atoms with E-state index in [0.29, 0.717) is 11.1 Å². The molecule has 650 valence electrons. The average molecular weight is 1660 g/mol. The van der Waals surface area contributed by atoms with Gasteiger partial charge in [0.15, 0.2) is 11.9 Å². The number of azide groups is 1. The minimum Gasteiger partial charge on any atom is -0.481 e. The van der Waals surface area contributed by atoms with Crippen molar-refractivity contribution >= 4 is 107 Å². The fraction of sp³-hybridized carbons (Fsp3) is 0.589. The number of unbranched alkanes of at least 4 members (excludes halogenated alkanes) is 2. The maximum atomic E-state index is 14.3. The smallest absolute Gasteiger partial charge is 0.305 e. The van der Waals surface area contributed by atoms with Crippen molar-refractivity contribution in [1.82, 2.24) is 74.0 Å². The Morgan fingerprint density at radius 2 is 0.771 bits per heavy atom. The molecule has 118 heavy (non-hydrogen) atoms. The molecule has 2 aliphatic rings. The number of ether oxygens (including phenoxy) is 4. The Balaban J connectivity index is 1.47. The third kappa shape index (κ3) is 42.8. The Bertz CT molecular complexity index is 3540. The van der Waals surface area contributed by atoms with E-state index in [-0.39, 0.29) is 213 Å². The number of hydrogen-bond acceptors (Lipinski definition) is 23. The number of hydrogen-bond donors (Lipinski definition) is 19. The van der Waals surface area contributed by atoms with Gasteiger partial charge >= 0.3 is 11.9 Å². The molecule has 0 saturated carbocycles. The van der Waals surface area contributed by atoms with Crippen molar-refractivity contribution in [2.75, 3.05) is 118 Å². The molecule has 2 fully saturated rings. The van der Waals surface area contributed by atoms with E-state index in [0.717, 1.165) is 0 Å². The Morgan fingerprint density at radius 3 is 1.16 bits per heavy atom. The van der Waals surface area contributed by atoms with Gasteiger partial charge in [0.05, 0.1) is 85.2 Å². The molecule has 0 spiro atoms. The van der Waals surface area contributed by atoms with Gasteiger partial charge in [0, 0.05) is 76.4 Å². The van der Waals surface area contributed by atoms with E-state index in [1.807, 2.05) is 0 Å². The lowest BCUT2D eigenvalue weighted by Gasteiger charge is -2.26. The zero-order chi connectivity index (χ0) is 86.4. The maximum Gasteiger partial charge on any atom is 0.305 e. The Morgan fingerprint density at radius 1 is 0.424 bits per heavy atom. The standard InChI is InChI=1S/C73H111N23O22/c74-72(75)82-26-11-19-48-64(107)84-43-59(100)87-54(41-62(103)104)70(113)93-52(39-46-13-3-1-4-14-46)68(111)91-50(66(109)89-48)17-7-9-24-79-56(97)21-29-96(61(102)23-31-115-33-35-117-37-38-118-36-34-116-32-28-81-58(99)45-86-95-78)30-22-57(98)80-25-10-8-18-51-67(110)90-49(20-12-27-83-73(76)77)65(108)85-44-60(101)88-55(42-63(105)106)71(114)94-53(69(112)92-51)40-47-15-5-2-6-16-47/h1-6,13-16,48-55H,7-12,17-45H2,(H,79,97)(H,80,98)(H,81,99)(H,84,107)(H,85,108)(H,87,100)(H,88,101)(H,89,109)(H,90,110)(H,91,111)(H,92,112)(H,93,113)(H,94,114)(H,103,104)(H,105,106)(H4,74,75,82)(H4,76,77,83)/t48-,49-,50-,51-,52+,53+,54-,55-/m0/s1. The highest BCUT2D eigenvalue weighted by Crippen LogP contribution is 2.14. The zero-order valence-corrected chi connectivity index (χ0v) is 65.7. The monoisotopic (exact) mass is 1660 g/mol. The van der Waals surface area contributed by atoms with Crippen LogP contribution in [-0.4, -0.2) is 288 Å². The molecular formula is C73H111N23O22. The van der Waals surface area contributed by atoms with E-state index < -0.39 is 169 Å². The number of aliphatic imine (C=N–C) groups is 2. The van der Waals surface area contributed by atoms with Gasteiger partial charge in [-0.25, -0.2) is 0 Å². The summed E-state index contributed by atoms with van der Waals surface area (Å²) >= 11 is 0. The van der Waals surface area contributed by atoms with Crippen LogP contribution in [0, 0.1) is 0 Å². The molecule has 45 heteroatoms. The number of carbonyl (C=O) groups excluding carboxylic acids is 14. The van der Waals surface area contributed by atoms with Crippen molar-refractivity contribution in [3.63, 3.8) is 0 Å². The lowest BCUT2D eigenvalue weighted by atomic mass is 10.0. The van der Waals surface area contributed by atoms with Crippen LogP contribution >= 0.6 is 0 Å². The van der Waals surface area contributed by atoms with Crippen LogP contribution in [0.15, 0.2) is 75.8 Å². The highest BCUT2D eigenvalue weighted by Gasteiger charge is 2.36. The minimum atomic E-state index is -1.70. The molecule has 2 aromatic rings. The first-order chi connectivity index (χ1) is 56.6. The molecule has 14 amide bonds. The highest BCUT2D eigenvalue weighted by atomic mass is 16.6. The van der Waals surface area contributed by atoms with Crippen molar-refractivity contribution in [2.45, 2.75) is 157 Å². The number of guanidine groups is 2. The molecule has 8 atom stereocenters. The van der Waals surface area contributed by atoms with Gasteiger partial charge in [-0.2, -0.15) is 0 Å². The van der Waals surface area contributed by atoms with Crippen LogP contribution in [0.1, 0.15) is 107 Å².